The zero-order chi connectivity index (χ0) is 18.2. The monoisotopic (exact) mass is 358 g/mol. The van der Waals surface area contributed by atoms with Crippen molar-refractivity contribution in [2.45, 2.75) is 31.1 Å². The van der Waals surface area contributed by atoms with Gasteiger partial charge >= 0.3 is 0 Å². The molecule has 0 bridgehead atoms. The van der Waals surface area contributed by atoms with Gasteiger partial charge in [-0.1, -0.05) is 20.8 Å². The number of sulfonamides is 1. The minimum absolute atomic E-state index is 0.00177. The highest BCUT2D eigenvalue weighted by Crippen LogP contribution is 2.28. The normalized spacial score (nSPS) is 12.3. The Morgan fingerprint density at radius 1 is 1.00 bits per heavy atom. The summed E-state index contributed by atoms with van der Waals surface area (Å²) in [4.78, 5) is 3.57. The molecule has 0 aliphatic carbocycles. The van der Waals surface area contributed by atoms with Crippen molar-refractivity contribution in [2.75, 3.05) is 11.8 Å². The van der Waals surface area contributed by atoms with E-state index in [4.69, 9.17) is 4.74 Å². The van der Waals surface area contributed by atoms with Crippen molar-refractivity contribution < 1.29 is 13.2 Å². The Kier molecular flexibility index (Phi) is 4.24. The number of benzene rings is 2. The number of methoxy groups -OCH3 is 1. The van der Waals surface area contributed by atoms with Crippen LogP contribution in [0.1, 0.15) is 26.5 Å². The molecule has 0 radical (unpaired) electrons. The Morgan fingerprint density at radius 3 is 2.28 bits per heavy atom. The summed E-state index contributed by atoms with van der Waals surface area (Å²) in [7, 11) is -2.10. The molecule has 5 nitrogen and oxygen atoms in total. The summed E-state index contributed by atoms with van der Waals surface area (Å²) in [5.41, 5.74) is 2.62. The summed E-state index contributed by atoms with van der Waals surface area (Å²) in [6.07, 6.45) is 0. The van der Waals surface area contributed by atoms with Crippen molar-refractivity contribution in [3.05, 3.63) is 54.2 Å². The van der Waals surface area contributed by atoms with Crippen LogP contribution in [0.4, 0.5) is 5.69 Å². The molecule has 132 valence electrons. The molecule has 0 saturated carbocycles. The average Bonchev–Trinajstić information content (AvgIpc) is 2.98. The predicted octanol–water partition coefficient (Wildman–Crippen LogP) is 4.27. The Labute approximate surface area is 148 Å². The number of anilines is 1. The summed E-state index contributed by atoms with van der Waals surface area (Å²) in [6.45, 7) is 6.39. The van der Waals surface area contributed by atoms with Crippen molar-refractivity contribution >= 4 is 26.6 Å². The number of fused-ring (bicyclic) bond motifs is 1. The van der Waals surface area contributed by atoms with E-state index in [1.54, 1.807) is 25.3 Å². The standard InChI is InChI=1S/C19H22N2O3S/c1-19(2,3)18-12-13-11-14(5-10-17(13)20-18)21-25(22,23)16-8-6-15(24-4)7-9-16/h5-12,20-21H,1-4H3. The predicted molar refractivity (Wildman–Crippen MR) is 101 cm³/mol. The Balaban J connectivity index is 1.90. The zero-order valence-electron chi connectivity index (χ0n) is 14.8. The van der Waals surface area contributed by atoms with Crippen LogP contribution in [-0.4, -0.2) is 20.5 Å². The molecule has 1 aromatic heterocycles. The fourth-order valence-electron chi connectivity index (χ4n) is 2.57. The topological polar surface area (TPSA) is 71.2 Å². The third-order valence-corrected chi connectivity index (χ3v) is 5.45. The largest absolute Gasteiger partial charge is 0.497 e. The van der Waals surface area contributed by atoms with Gasteiger partial charge in [0.15, 0.2) is 0 Å². The molecule has 0 aliphatic rings. The lowest BCUT2D eigenvalue weighted by Gasteiger charge is -2.15. The summed E-state index contributed by atoms with van der Waals surface area (Å²) >= 11 is 0. The van der Waals surface area contributed by atoms with E-state index < -0.39 is 10.0 Å². The molecule has 6 heteroatoms. The van der Waals surface area contributed by atoms with Crippen molar-refractivity contribution in [1.82, 2.24) is 4.98 Å². The van der Waals surface area contributed by atoms with E-state index in [1.807, 2.05) is 12.1 Å². The van der Waals surface area contributed by atoms with E-state index in [0.29, 0.717) is 11.4 Å². The molecule has 0 unspecified atom stereocenters. The van der Waals surface area contributed by atoms with Gasteiger partial charge in [0, 0.05) is 27.7 Å². The first-order valence-electron chi connectivity index (χ1n) is 7.99. The maximum absolute atomic E-state index is 12.5. The molecule has 3 aromatic rings. The quantitative estimate of drug-likeness (QED) is 0.731. The molecule has 0 amide bonds. The Morgan fingerprint density at radius 2 is 1.68 bits per heavy atom. The third kappa shape index (κ3) is 3.64. The van der Waals surface area contributed by atoms with Crippen LogP contribution < -0.4 is 9.46 Å². The molecule has 0 fully saturated rings. The SMILES string of the molecule is COc1ccc(S(=O)(=O)Nc2ccc3[nH]c(C(C)(C)C)cc3c2)cc1. The highest BCUT2D eigenvalue weighted by atomic mass is 32.2. The Bertz CT molecular complexity index is 997. The van der Waals surface area contributed by atoms with Gasteiger partial charge in [-0.3, -0.25) is 4.72 Å². The van der Waals surface area contributed by atoms with Gasteiger partial charge in [0.25, 0.3) is 10.0 Å². The van der Waals surface area contributed by atoms with Crippen LogP contribution in [0.3, 0.4) is 0 Å². The van der Waals surface area contributed by atoms with Crippen LogP contribution in [-0.2, 0) is 15.4 Å². The highest BCUT2D eigenvalue weighted by Gasteiger charge is 2.18. The average molecular weight is 358 g/mol. The second kappa shape index (κ2) is 6.11. The number of nitrogens with one attached hydrogen (secondary N) is 2. The van der Waals surface area contributed by atoms with Gasteiger partial charge in [0.1, 0.15) is 5.75 Å². The zero-order valence-corrected chi connectivity index (χ0v) is 15.6. The first-order valence-corrected chi connectivity index (χ1v) is 9.47. The number of H-pyrrole nitrogens is 1. The molecule has 2 aromatic carbocycles. The number of hydrogen-bond acceptors (Lipinski definition) is 3. The van der Waals surface area contributed by atoms with E-state index in [1.165, 1.54) is 12.1 Å². The summed E-state index contributed by atoms with van der Waals surface area (Å²) in [5, 5.41) is 0.972. The number of ether oxygens (including phenoxy) is 1. The molecule has 0 aliphatic heterocycles. The van der Waals surface area contributed by atoms with E-state index in [9.17, 15) is 8.42 Å². The molecule has 3 rings (SSSR count). The fraction of sp³-hybridized carbons (Fsp3) is 0.263. The van der Waals surface area contributed by atoms with Gasteiger partial charge in [0.05, 0.1) is 12.0 Å². The molecule has 0 spiro atoms. The smallest absolute Gasteiger partial charge is 0.261 e. The van der Waals surface area contributed by atoms with Gasteiger partial charge < -0.3 is 9.72 Å². The van der Waals surface area contributed by atoms with Crippen LogP contribution >= 0.6 is 0 Å². The van der Waals surface area contributed by atoms with Gasteiger partial charge in [-0.2, -0.15) is 0 Å². The lowest BCUT2D eigenvalue weighted by Crippen LogP contribution is -2.12. The van der Waals surface area contributed by atoms with E-state index >= 15 is 0 Å². The minimum atomic E-state index is -3.64. The second-order valence-electron chi connectivity index (χ2n) is 7.02. The first kappa shape index (κ1) is 17.4. The van der Waals surface area contributed by atoms with E-state index in [2.05, 4.69) is 36.5 Å². The van der Waals surface area contributed by atoms with E-state index in [-0.39, 0.29) is 10.3 Å². The summed E-state index contributed by atoms with van der Waals surface area (Å²) in [5.74, 6) is 0.613. The Hall–Kier alpha value is -2.47. The molecule has 0 saturated heterocycles. The van der Waals surface area contributed by atoms with Gasteiger partial charge in [-0.15, -0.1) is 0 Å². The van der Waals surface area contributed by atoms with Crippen molar-refractivity contribution in [3.63, 3.8) is 0 Å². The van der Waals surface area contributed by atoms with Crippen molar-refractivity contribution in [2.24, 2.45) is 0 Å². The van der Waals surface area contributed by atoms with Gasteiger partial charge in [0.2, 0.25) is 0 Å². The lowest BCUT2D eigenvalue weighted by atomic mass is 9.92. The maximum Gasteiger partial charge on any atom is 0.261 e. The van der Waals surface area contributed by atoms with E-state index in [0.717, 1.165) is 16.6 Å². The molecular formula is C19H22N2O3S. The van der Waals surface area contributed by atoms with Crippen LogP contribution in [0.2, 0.25) is 0 Å². The summed E-state index contributed by atoms with van der Waals surface area (Å²) in [6, 6.07) is 13.8. The third-order valence-electron chi connectivity index (χ3n) is 4.05. The number of aromatic nitrogens is 1. The van der Waals surface area contributed by atoms with Gasteiger partial charge in [-0.25, -0.2) is 8.42 Å². The number of hydrogen-bond donors (Lipinski definition) is 2. The van der Waals surface area contributed by atoms with Crippen molar-refractivity contribution in [3.8, 4) is 5.75 Å². The molecule has 25 heavy (non-hydrogen) atoms. The van der Waals surface area contributed by atoms with Crippen molar-refractivity contribution in [1.29, 1.82) is 0 Å². The number of aromatic amines is 1. The minimum Gasteiger partial charge on any atom is -0.497 e. The highest BCUT2D eigenvalue weighted by molar-refractivity contribution is 7.92. The second-order valence-corrected chi connectivity index (χ2v) is 8.70. The van der Waals surface area contributed by atoms with Crippen LogP contribution in [0.15, 0.2) is 53.4 Å². The number of rotatable bonds is 4. The molecule has 0 atom stereocenters. The molecule has 1 heterocycles. The maximum atomic E-state index is 12.5. The summed E-state index contributed by atoms with van der Waals surface area (Å²) < 4.78 is 32.8. The molecular weight excluding hydrogens is 336 g/mol. The molecule has 2 N–H and O–H groups in total. The van der Waals surface area contributed by atoms with Crippen LogP contribution in [0.25, 0.3) is 10.9 Å². The lowest BCUT2D eigenvalue weighted by molar-refractivity contribution is 0.414. The van der Waals surface area contributed by atoms with Gasteiger partial charge in [-0.05, 0) is 48.5 Å². The fourth-order valence-corrected chi connectivity index (χ4v) is 3.62. The van der Waals surface area contributed by atoms with Crippen LogP contribution in [0, 0.1) is 0 Å². The first-order chi connectivity index (χ1) is 11.7. The van der Waals surface area contributed by atoms with Crippen LogP contribution in [0.5, 0.6) is 5.75 Å².